The normalized spacial score (nSPS) is 21.3. The average Bonchev–Trinajstić information content (AvgIpc) is 3.69. The van der Waals surface area contributed by atoms with Gasteiger partial charge in [0.05, 0.1) is 16.8 Å². The smallest absolute Gasteiger partial charge is 0.420 e. The second-order valence-electron chi connectivity index (χ2n) is 18.0. The quantitative estimate of drug-likeness (QED) is 0.122. The summed E-state index contributed by atoms with van der Waals surface area (Å²) in [5.74, 6) is -0.464. The number of oxazole rings is 1. The number of β-amino-alcohol motifs (C(OH)–C–C–N with tert-alkyl or cyclic N) is 1. The SMILES string of the molecule is Cc1c(Nc2nccc3cc(CN4CC[C@@H](O)C4)cnc23)cccc1-c1cccc(-c2nc3cc4c(c(C(F)(F)F)c3o2)CC[C@H]4N2CC[C@@H](C(=O)NS(=O)(=O)C3(C)CC3)C2)c1C. The fourth-order valence-electron chi connectivity index (χ4n) is 9.84. The largest absolute Gasteiger partial charge is 0.435 e. The monoisotopic (exact) mass is 879 g/mol. The summed E-state index contributed by atoms with van der Waals surface area (Å²) < 4.78 is 78.2. The summed E-state index contributed by atoms with van der Waals surface area (Å²) in [5, 5.41) is 14.4. The molecule has 3 aromatic heterocycles. The number of aromatic nitrogens is 3. The van der Waals surface area contributed by atoms with Gasteiger partial charge in [0, 0.05) is 61.3 Å². The predicted molar refractivity (Wildman–Crippen MR) is 234 cm³/mol. The lowest BCUT2D eigenvalue weighted by molar-refractivity contribution is -0.137. The fraction of sp³-hybridized carbons (Fsp3) is 0.404. The molecule has 0 unspecified atom stereocenters. The Bertz CT molecular complexity index is 2930. The van der Waals surface area contributed by atoms with Crippen LogP contribution >= 0.6 is 0 Å². The number of likely N-dealkylation sites (tertiary alicyclic amines) is 2. The lowest BCUT2D eigenvalue weighted by atomic mass is 9.93. The highest BCUT2D eigenvalue weighted by Crippen LogP contribution is 2.49. The van der Waals surface area contributed by atoms with Crippen LogP contribution in [0.3, 0.4) is 0 Å². The molecule has 4 aliphatic rings. The highest BCUT2D eigenvalue weighted by molar-refractivity contribution is 7.91. The maximum absolute atomic E-state index is 15.1. The molecule has 3 fully saturated rings. The van der Waals surface area contributed by atoms with Crippen LogP contribution in [0.15, 0.2) is 71.4 Å². The Labute approximate surface area is 363 Å². The number of anilines is 2. The topological polar surface area (TPSA) is 154 Å². The summed E-state index contributed by atoms with van der Waals surface area (Å²) in [5.41, 5.74) is 6.31. The zero-order chi connectivity index (χ0) is 44.0. The molecule has 6 aromatic rings. The van der Waals surface area contributed by atoms with E-state index in [1.54, 1.807) is 25.3 Å². The number of aliphatic hydroxyl groups excluding tert-OH is 1. The lowest BCUT2D eigenvalue weighted by Crippen LogP contribution is -2.42. The Balaban J connectivity index is 0.926. The molecule has 2 aliphatic heterocycles. The van der Waals surface area contributed by atoms with Gasteiger partial charge in [0.25, 0.3) is 0 Å². The van der Waals surface area contributed by atoms with Gasteiger partial charge in [0.1, 0.15) is 16.6 Å². The van der Waals surface area contributed by atoms with Gasteiger partial charge in [0.15, 0.2) is 11.4 Å². The van der Waals surface area contributed by atoms with Gasteiger partial charge in [-0.15, -0.1) is 0 Å². The van der Waals surface area contributed by atoms with E-state index < -0.39 is 38.3 Å². The molecule has 1 amide bonds. The Kier molecular flexibility index (Phi) is 10.2. The van der Waals surface area contributed by atoms with Crippen molar-refractivity contribution in [3.8, 4) is 22.6 Å². The third kappa shape index (κ3) is 7.53. The van der Waals surface area contributed by atoms with Crippen molar-refractivity contribution in [3.05, 3.63) is 100 Å². The van der Waals surface area contributed by atoms with Gasteiger partial charge in [-0.1, -0.05) is 24.3 Å². The molecule has 2 aliphatic carbocycles. The van der Waals surface area contributed by atoms with Crippen LogP contribution in [0, 0.1) is 19.8 Å². The van der Waals surface area contributed by atoms with Crippen molar-refractivity contribution in [2.75, 3.05) is 31.5 Å². The Hall–Kier alpha value is -5.42. The van der Waals surface area contributed by atoms with Crippen molar-refractivity contribution < 1.29 is 35.9 Å². The zero-order valence-electron chi connectivity index (χ0n) is 35.2. The third-order valence-electron chi connectivity index (χ3n) is 13.8. The van der Waals surface area contributed by atoms with E-state index in [1.807, 2.05) is 61.3 Å². The molecule has 0 bridgehead atoms. The molecule has 12 nitrogen and oxygen atoms in total. The van der Waals surface area contributed by atoms with Crippen molar-refractivity contribution in [2.45, 2.75) is 88.9 Å². The van der Waals surface area contributed by atoms with Gasteiger partial charge >= 0.3 is 6.18 Å². The van der Waals surface area contributed by atoms with E-state index in [2.05, 4.69) is 26.0 Å². The summed E-state index contributed by atoms with van der Waals surface area (Å²) in [6.07, 6.45) is 1.38. The maximum Gasteiger partial charge on any atom is 0.420 e. The molecule has 328 valence electrons. The lowest BCUT2D eigenvalue weighted by Gasteiger charge is -2.25. The van der Waals surface area contributed by atoms with E-state index in [4.69, 9.17) is 14.4 Å². The molecule has 0 radical (unpaired) electrons. The van der Waals surface area contributed by atoms with E-state index >= 15 is 13.2 Å². The number of fused-ring (bicyclic) bond motifs is 3. The van der Waals surface area contributed by atoms with Crippen LogP contribution in [0.25, 0.3) is 44.6 Å². The van der Waals surface area contributed by atoms with Crippen LogP contribution in [-0.4, -0.2) is 81.2 Å². The third-order valence-corrected chi connectivity index (χ3v) is 15.9. The number of aliphatic hydroxyl groups is 1. The van der Waals surface area contributed by atoms with Crippen molar-refractivity contribution in [1.29, 1.82) is 0 Å². The van der Waals surface area contributed by atoms with Crippen molar-refractivity contribution in [3.63, 3.8) is 0 Å². The van der Waals surface area contributed by atoms with Gasteiger partial charge in [-0.25, -0.2) is 18.4 Å². The molecule has 10 rings (SSSR count). The number of hydrogen-bond acceptors (Lipinski definition) is 11. The maximum atomic E-state index is 15.1. The number of nitrogens with zero attached hydrogens (tertiary/aromatic N) is 5. The first-order valence-corrected chi connectivity index (χ1v) is 23.0. The molecule has 3 N–H and O–H groups in total. The number of carbonyl (C=O) groups excluding carboxylic acids is 1. The second kappa shape index (κ2) is 15.4. The van der Waals surface area contributed by atoms with E-state index in [0.29, 0.717) is 62.3 Å². The fourth-order valence-corrected chi connectivity index (χ4v) is 11.2. The summed E-state index contributed by atoms with van der Waals surface area (Å²) in [6, 6.07) is 16.9. The Morgan fingerprint density at radius 3 is 2.48 bits per heavy atom. The molecule has 63 heavy (non-hydrogen) atoms. The van der Waals surface area contributed by atoms with Crippen LogP contribution in [-0.2, 0) is 34.0 Å². The van der Waals surface area contributed by atoms with Gasteiger partial charge in [-0.2, -0.15) is 13.2 Å². The minimum absolute atomic E-state index is 0.0804. The van der Waals surface area contributed by atoms with Gasteiger partial charge in [0.2, 0.25) is 21.8 Å². The number of hydrogen-bond donors (Lipinski definition) is 3. The predicted octanol–water partition coefficient (Wildman–Crippen LogP) is 8.36. The molecular weight excluding hydrogens is 832 g/mol. The second-order valence-corrected chi connectivity index (χ2v) is 20.2. The first-order valence-electron chi connectivity index (χ1n) is 21.5. The molecule has 5 heterocycles. The molecule has 16 heteroatoms. The number of benzene rings is 3. The van der Waals surface area contributed by atoms with Gasteiger partial charge in [-0.05, 0) is 135 Å². The van der Waals surface area contributed by atoms with Gasteiger partial charge < -0.3 is 14.8 Å². The first-order chi connectivity index (χ1) is 30.1. The summed E-state index contributed by atoms with van der Waals surface area (Å²) in [6.45, 7) is 8.43. The number of alkyl halides is 3. The molecule has 3 atom stereocenters. The number of sulfonamides is 1. The summed E-state index contributed by atoms with van der Waals surface area (Å²) >= 11 is 0. The standard InChI is InChI=1S/C47H48F3N7O5S/c1-26-32(33-7-5-9-37(27(33)2)53-43-41-29(12-17-51-43)20-28(22-52-41)23-56-18-14-31(58)25-56)6-4-8-34(26)45-54-38-21-36-35(40(42(38)62-45)47(48,49)50)10-11-39(36)57-19-13-30(24-57)44(59)55-63(60,61)46(3)15-16-46/h4-9,12,17,20-22,30-31,39,58H,10-11,13-16,18-19,23-25H2,1-3H3,(H,51,53)(H,55,59)/t30-,31-,39-/m1/s1. The van der Waals surface area contributed by atoms with Crippen LogP contribution in [0.2, 0.25) is 0 Å². The zero-order valence-corrected chi connectivity index (χ0v) is 36.0. The number of amides is 1. The van der Waals surface area contributed by atoms with E-state index in [9.17, 15) is 18.3 Å². The Morgan fingerprint density at radius 1 is 0.968 bits per heavy atom. The van der Waals surface area contributed by atoms with Crippen LogP contribution in [0.5, 0.6) is 0 Å². The number of pyridine rings is 2. The molecule has 1 saturated carbocycles. The average molecular weight is 880 g/mol. The minimum Gasteiger partial charge on any atom is -0.435 e. The minimum atomic E-state index is -4.72. The highest BCUT2D eigenvalue weighted by atomic mass is 32.2. The molecule has 0 spiro atoms. The Morgan fingerprint density at radius 2 is 1.73 bits per heavy atom. The van der Waals surface area contributed by atoms with Crippen molar-refractivity contribution in [2.24, 2.45) is 5.92 Å². The summed E-state index contributed by atoms with van der Waals surface area (Å²) in [4.78, 5) is 31.4. The van der Waals surface area contributed by atoms with Crippen LogP contribution in [0.1, 0.15) is 78.5 Å². The molecule has 3 aromatic carbocycles. The first kappa shape index (κ1) is 41.6. The van der Waals surface area contributed by atoms with Gasteiger partial charge in [-0.3, -0.25) is 24.3 Å². The van der Waals surface area contributed by atoms with Crippen molar-refractivity contribution >= 4 is 49.4 Å². The number of carbonyl (C=O) groups is 1. The van der Waals surface area contributed by atoms with E-state index in [-0.39, 0.29) is 47.7 Å². The molecule has 2 saturated heterocycles. The van der Waals surface area contributed by atoms with E-state index in [1.165, 1.54) is 0 Å². The van der Waals surface area contributed by atoms with Crippen LogP contribution < -0.4 is 10.0 Å². The summed E-state index contributed by atoms with van der Waals surface area (Å²) in [7, 11) is -3.80. The number of nitrogens with one attached hydrogen (secondary N) is 2. The molecular formula is C47H48F3N7O5S. The van der Waals surface area contributed by atoms with Crippen LogP contribution in [0.4, 0.5) is 24.7 Å². The van der Waals surface area contributed by atoms with E-state index in [0.717, 1.165) is 57.4 Å². The number of halogens is 3. The highest BCUT2D eigenvalue weighted by Gasteiger charge is 2.52. The number of rotatable bonds is 10. The van der Waals surface area contributed by atoms with Crippen molar-refractivity contribution in [1.82, 2.24) is 29.5 Å².